The lowest BCUT2D eigenvalue weighted by atomic mass is 9.87. The first kappa shape index (κ1) is 20.2. The van der Waals surface area contributed by atoms with E-state index in [0.717, 1.165) is 5.56 Å². The van der Waals surface area contributed by atoms with Gasteiger partial charge in [-0.3, -0.25) is 4.79 Å². The maximum Gasteiger partial charge on any atom is 0.251 e. The van der Waals surface area contributed by atoms with E-state index in [0.29, 0.717) is 17.1 Å². The fraction of sp³-hybridized carbons (Fsp3) is 0.350. The third-order valence-corrected chi connectivity index (χ3v) is 5.84. The fourth-order valence-corrected chi connectivity index (χ4v) is 3.75. The number of carbonyl (C=O) groups is 1. The van der Waals surface area contributed by atoms with Crippen molar-refractivity contribution in [1.29, 1.82) is 0 Å². The highest BCUT2D eigenvalue weighted by molar-refractivity contribution is 7.89. The van der Waals surface area contributed by atoms with Gasteiger partial charge < -0.3 is 14.8 Å². The molecule has 3 rings (SSSR count). The first-order valence-electron chi connectivity index (χ1n) is 8.95. The van der Waals surface area contributed by atoms with Gasteiger partial charge in [-0.2, -0.15) is 0 Å². The van der Waals surface area contributed by atoms with Gasteiger partial charge in [0.1, 0.15) is 0 Å². The minimum Gasteiger partial charge on any atom is -0.454 e. The number of rotatable bonds is 6. The molecule has 150 valence electrons. The van der Waals surface area contributed by atoms with Crippen molar-refractivity contribution in [2.24, 2.45) is 0 Å². The maximum atomic E-state index is 12.4. The number of carbonyl (C=O) groups excluding carboxylic acids is 1. The molecule has 1 aliphatic rings. The smallest absolute Gasteiger partial charge is 0.251 e. The summed E-state index contributed by atoms with van der Waals surface area (Å²) in [5.41, 5.74) is 1.43. The van der Waals surface area contributed by atoms with Gasteiger partial charge in [0.25, 0.3) is 5.91 Å². The third-order valence-electron chi connectivity index (χ3n) is 4.37. The number of amides is 1. The van der Waals surface area contributed by atoms with Gasteiger partial charge in [-0.25, -0.2) is 13.1 Å². The standard InChI is InChI=1S/C20H24N2O5S/c1-20(2,3)15-5-7-16(8-6-15)28(24,25)22-11-10-21-19(23)14-4-9-17-18(12-14)27-13-26-17/h4-9,12,22H,10-11,13H2,1-3H3,(H,21,23). The Labute approximate surface area is 165 Å². The van der Waals surface area contributed by atoms with Gasteiger partial charge in [-0.15, -0.1) is 0 Å². The second-order valence-electron chi connectivity index (χ2n) is 7.50. The summed E-state index contributed by atoms with van der Waals surface area (Å²) in [5, 5.41) is 2.68. The molecule has 0 bridgehead atoms. The molecule has 28 heavy (non-hydrogen) atoms. The molecule has 0 atom stereocenters. The van der Waals surface area contributed by atoms with Crippen LogP contribution in [0, 0.1) is 0 Å². The van der Waals surface area contributed by atoms with E-state index in [9.17, 15) is 13.2 Å². The lowest BCUT2D eigenvalue weighted by Crippen LogP contribution is -2.34. The molecule has 8 heteroatoms. The average Bonchev–Trinajstić information content (AvgIpc) is 3.12. The van der Waals surface area contributed by atoms with Crippen LogP contribution >= 0.6 is 0 Å². The molecule has 2 aromatic rings. The molecule has 0 radical (unpaired) electrons. The van der Waals surface area contributed by atoms with Crippen molar-refractivity contribution < 1.29 is 22.7 Å². The second kappa shape index (κ2) is 7.81. The van der Waals surface area contributed by atoms with Crippen molar-refractivity contribution in [2.45, 2.75) is 31.1 Å². The molecule has 0 saturated carbocycles. The molecule has 0 aromatic heterocycles. The van der Waals surface area contributed by atoms with Crippen LogP contribution in [0.1, 0.15) is 36.7 Å². The molecule has 1 aliphatic heterocycles. The van der Waals surface area contributed by atoms with Crippen LogP contribution in [0.2, 0.25) is 0 Å². The van der Waals surface area contributed by atoms with Gasteiger partial charge in [0.2, 0.25) is 16.8 Å². The minimum absolute atomic E-state index is 0.0469. The number of fused-ring (bicyclic) bond motifs is 1. The Bertz CT molecular complexity index is 963. The zero-order valence-electron chi connectivity index (χ0n) is 16.1. The number of ether oxygens (including phenoxy) is 2. The van der Waals surface area contributed by atoms with Crippen LogP contribution in [-0.4, -0.2) is 34.2 Å². The summed E-state index contributed by atoms with van der Waals surface area (Å²) in [4.78, 5) is 12.4. The van der Waals surface area contributed by atoms with Crippen LogP contribution in [0.25, 0.3) is 0 Å². The summed E-state index contributed by atoms with van der Waals surface area (Å²) < 4.78 is 37.7. The van der Waals surface area contributed by atoms with Gasteiger partial charge in [0, 0.05) is 18.7 Å². The highest BCUT2D eigenvalue weighted by atomic mass is 32.2. The predicted molar refractivity (Wildman–Crippen MR) is 105 cm³/mol. The van der Waals surface area contributed by atoms with E-state index in [1.165, 1.54) is 0 Å². The Morgan fingerprint density at radius 3 is 2.36 bits per heavy atom. The van der Waals surface area contributed by atoms with E-state index >= 15 is 0 Å². The quantitative estimate of drug-likeness (QED) is 0.721. The molecule has 0 unspecified atom stereocenters. The Kier molecular flexibility index (Phi) is 5.62. The number of hydrogen-bond acceptors (Lipinski definition) is 5. The zero-order chi connectivity index (χ0) is 20.4. The Balaban J connectivity index is 1.52. The van der Waals surface area contributed by atoms with Gasteiger partial charge in [0.05, 0.1) is 4.90 Å². The molecule has 2 aromatic carbocycles. The van der Waals surface area contributed by atoms with Crippen molar-refractivity contribution in [3.63, 3.8) is 0 Å². The first-order chi connectivity index (χ1) is 13.2. The van der Waals surface area contributed by atoms with Gasteiger partial charge in [0.15, 0.2) is 11.5 Å². The second-order valence-corrected chi connectivity index (χ2v) is 9.26. The van der Waals surface area contributed by atoms with E-state index in [1.807, 2.05) is 12.1 Å². The monoisotopic (exact) mass is 404 g/mol. The van der Waals surface area contributed by atoms with Crippen molar-refractivity contribution in [3.8, 4) is 11.5 Å². The van der Waals surface area contributed by atoms with Gasteiger partial charge in [-0.05, 0) is 41.3 Å². The summed E-state index contributed by atoms with van der Waals surface area (Å²) in [6.45, 7) is 6.58. The van der Waals surface area contributed by atoms with E-state index in [1.54, 1.807) is 30.3 Å². The summed E-state index contributed by atoms with van der Waals surface area (Å²) in [7, 11) is -3.63. The number of sulfonamides is 1. The van der Waals surface area contributed by atoms with E-state index in [-0.39, 0.29) is 36.1 Å². The van der Waals surface area contributed by atoms with Crippen LogP contribution in [0.4, 0.5) is 0 Å². The van der Waals surface area contributed by atoms with Crippen molar-refractivity contribution in [2.75, 3.05) is 19.9 Å². The minimum atomic E-state index is -3.63. The zero-order valence-corrected chi connectivity index (χ0v) is 16.9. The van der Waals surface area contributed by atoms with Crippen molar-refractivity contribution in [1.82, 2.24) is 10.0 Å². The summed E-state index contributed by atoms with van der Waals surface area (Å²) in [6.07, 6.45) is 0. The van der Waals surface area contributed by atoms with E-state index in [4.69, 9.17) is 9.47 Å². The lowest BCUT2D eigenvalue weighted by Gasteiger charge is -2.19. The molecule has 2 N–H and O–H groups in total. The lowest BCUT2D eigenvalue weighted by molar-refractivity contribution is 0.0954. The molecule has 1 amide bonds. The average molecular weight is 404 g/mol. The van der Waals surface area contributed by atoms with Crippen molar-refractivity contribution >= 4 is 15.9 Å². The predicted octanol–water partition coefficient (Wildman–Crippen LogP) is 2.42. The number of hydrogen-bond donors (Lipinski definition) is 2. The largest absolute Gasteiger partial charge is 0.454 e. The molecule has 7 nitrogen and oxygen atoms in total. The topological polar surface area (TPSA) is 93.7 Å². The van der Waals surface area contributed by atoms with E-state index in [2.05, 4.69) is 30.8 Å². The Morgan fingerprint density at radius 2 is 1.68 bits per heavy atom. The van der Waals surface area contributed by atoms with Crippen LogP contribution in [0.5, 0.6) is 11.5 Å². The molecule has 0 aliphatic carbocycles. The summed E-state index contributed by atoms with van der Waals surface area (Å²) in [5.74, 6) is 0.806. The van der Waals surface area contributed by atoms with Crippen LogP contribution in [0.3, 0.4) is 0 Å². The molecule has 0 saturated heterocycles. The van der Waals surface area contributed by atoms with Gasteiger partial charge >= 0.3 is 0 Å². The van der Waals surface area contributed by atoms with Crippen molar-refractivity contribution in [3.05, 3.63) is 53.6 Å². The SMILES string of the molecule is CC(C)(C)c1ccc(S(=O)(=O)NCCNC(=O)c2ccc3c(c2)OCO3)cc1. The molecular formula is C20H24N2O5S. The molecule has 1 heterocycles. The molecular weight excluding hydrogens is 380 g/mol. The first-order valence-corrected chi connectivity index (χ1v) is 10.4. The molecule has 0 spiro atoms. The normalized spacial score (nSPS) is 13.4. The highest BCUT2D eigenvalue weighted by Crippen LogP contribution is 2.32. The summed E-state index contributed by atoms with van der Waals surface area (Å²) in [6, 6.07) is 11.7. The maximum absolute atomic E-state index is 12.4. The Hall–Kier alpha value is -2.58. The summed E-state index contributed by atoms with van der Waals surface area (Å²) >= 11 is 0. The fourth-order valence-electron chi connectivity index (χ4n) is 2.72. The number of benzene rings is 2. The van der Waals surface area contributed by atoms with Crippen LogP contribution in [-0.2, 0) is 15.4 Å². The van der Waals surface area contributed by atoms with Crippen LogP contribution in [0.15, 0.2) is 47.4 Å². The highest BCUT2D eigenvalue weighted by Gasteiger charge is 2.18. The number of nitrogens with one attached hydrogen (secondary N) is 2. The molecule has 0 fully saturated rings. The van der Waals surface area contributed by atoms with E-state index < -0.39 is 10.0 Å². The van der Waals surface area contributed by atoms with Crippen LogP contribution < -0.4 is 19.5 Å². The third kappa shape index (κ3) is 4.63. The Morgan fingerprint density at radius 1 is 1.00 bits per heavy atom. The van der Waals surface area contributed by atoms with Gasteiger partial charge in [-0.1, -0.05) is 32.9 Å².